The van der Waals surface area contributed by atoms with E-state index >= 15 is 0 Å². The zero-order valence-electron chi connectivity index (χ0n) is 12.7. The van der Waals surface area contributed by atoms with Crippen molar-refractivity contribution in [2.45, 2.75) is 63.3 Å². The van der Waals surface area contributed by atoms with E-state index in [1.165, 1.54) is 68.3 Å². The van der Waals surface area contributed by atoms with Crippen LogP contribution in [-0.4, -0.2) is 19.0 Å². The van der Waals surface area contributed by atoms with E-state index in [-0.39, 0.29) is 5.91 Å². The van der Waals surface area contributed by atoms with Gasteiger partial charge in [-0.2, -0.15) is 0 Å². The zero-order chi connectivity index (χ0) is 14.8. The molecule has 21 heavy (non-hydrogen) atoms. The van der Waals surface area contributed by atoms with E-state index in [1.54, 1.807) is 7.05 Å². The first kappa shape index (κ1) is 14.7. The number of nitrogens with two attached hydrogens (primary N) is 1. The van der Waals surface area contributed by atoms with Gasteiger partial charge in [0.25, 0.3) is 5.91 Å². The van der Waals surface area contributed by atoms with E-state index < -0.39 is 0 Å². The van der Waals surface area contributed by atoms with Gasteiger partial charge in [0.2, 0.25) is 0 Å². The van der Waals surface area contributed by atoms with Gasteiger partial charge in [-0.05, 0) is 31.6 Å². The molecule has 0 spiro atoms. The number of anilines is 2. The van der Waals surface area contributed by atoms with E-state index in [0.717, 1.165) is 5.00 Å². The molecule has 2 aliphatic rings. The average Bonchev–Trinajstić information content (AvgIpc) is 3.28. The SMILES string of the molecule is CNC(=O)c1sc(NC2CCCCCC2)c(C2CC2)c1N. The molecule has 0 atom stereocenters. The maximum atomic E-state index is 12.0. The normalized spacial score (nSPS) is 20.0. The van der Waals surface area contributed by atoms with E-state index in [0.29, 0.717) is 22.5 Å². The molecule has 0 unspecified atom stereocenters. The van der Waals surface area contributed by atoms with Gasteiger partial charge in [0.05, 0.1) is 10.7 Å². The van der Waals surface area contributed by atoms with Crippen molar-refractivity contribution in [2.24, 2.45) is 0 Å². The lowest BCUT2D eigenvalue weighted by molar-refractivity contribution is 0.0968. The highest BCUT2D eigenvalue weighted by atomic mass is 32.1. The Balaban J connectivity index is 1.84. The summed E-state index contributed by atoms with van der Waals surface area (Å²) in [6.07, 6.45) is 10.2. The summed E-state index contributed by atoms with van der Waals surface area (Å²) in [5, 5.41) is 7.56. The zero-order valence-corrected chi connectivity index (χ0v) is 13.5. The Morgan fingerprint density at radius 2 is 1.81 bits per heavy atom. The molecule has 4 N–H and O–H groups in total. The Morgan fingerprint density at radius 1 is 1.14 bits per heavy atom. The number of carbonyl (C=O) groups excluding carboxylic acids is 1. The molecule has 5 heteroatoms. The van der Waals surface area contributed by atoms with Crippen LogP contribution in [0.25, 0.3) is 0 Å². The van der Waals surface area contributed by atoms with Gasteiger partial charge in [0, 0.05) is 18.7 Å². The van der Waals surface area contributed by atoms with Crippen molar-refractivity contribution in [2.75, 3.05) is 18.1 Å². The third-order valence-corrected chi connectivity index (χ3v) is 5.74. The summed E-state index contributed by atoms with van der Waals surface area (Å²) < 4.78 is 0. The van der Waals surface area contributed by atoms with Crippen LogP contribution < -0.4 is 16.4 Å². The molecule has 2 saturated carbocycles. The summed E-state index contributed by atoms with van der Waals surface area (Å²) in [6, 6.07) is 0.542. The maximum Gasteiger partial charge on any atom is 0.263 e. The van der Waals surface area contributed by atoms with Crippen molar-refractivity contribution in [1.29, 1.82) is 0 Å². The van der Waals surface area contributed by atoms with Gasteiger partial charge in [-0.25, -0.2) is 0 Å². The lowest BCUT2D eigenvalue weighted by atomic mass is 10.1. The van der Waals surface area contributed by atoms with Crippen LogP contribution in [0.1, 0.15) is 72.5 Å². The van der Waals surface area contributed by atoms with E-state index in [2.05, 4.69) is 10.6 Å². The summed E-state index contributed by atoms with van der Waals surface area (Å²) in [4.78, 5) is 12.7. The number of hydrogen-bond acceptors (Lipinski definition) is 4. The number of rotatable bonds is 4. The molecule has 2 fully saturated rings. The van der Waals surface area contributed by atoms with Gasteiger partial charge >= 0.3 is 0 Å². The molecule has 0 saturated heterocycles. The predicted molar refractivity (Wildman–Crippen MR) is 89.2 cm³/mol. The van der Waals surface area contributed by atoms with Gasteiger partial charge in [0.1, 0.15) is 4.88 Å². The fourth-order valence-electron chi connectivity index (χ4n) is 3.23. The second-order valence-corrected chi connectivity index (χ2v) is 7.29. The minimum absolute atomic E-state index is 0.0617. The predicted octanol–water partition coefficient (Wildman–Crippen LogP) is 3.70. The fourth-order valence-corrected chi connectivity index (χ4v) is 4.46. The number of amides is 1. The third-order valence-electron chi connectivity index (χ3n) is 4.59. The first-order valence-electron chi connectivity index (χ1n) is 8.11. The number of hydrogen-bond donors (Lipinski definition) is 3. The van der Waals surface area contributed by atoms with Crippen LogP contribution in [0, 0.1) is 0 Å². The molecule has 1 amide bonds. The molecule has 116 valence electrons. The summed E-state index contributed by atoms with van der Waals surface area (Å²) in [6.45, 7) is 0. The first-order chi connectivity index (χ1) is 10.2. The lowest BCUT2D eigenvalue weighted by Gasteiger charge is -2.17. The van der Waals surface area contributed by atoms with E-state index in [9.17, 15) is 4.79 Å². The Labute approximate surface area is 130 Å². The molecule has 0 aliphatic heterocycles. The van der Waals surface area contributed by atoms with E-state index in [4.69, 9.17) is 5.73 Å². The van der Waals surface area contributed by atoms with Crippen LogP contribution in [0.4, 0.5) is 10.7 Å². The summed E-state index contributed by atoms with van der Waals surface area (Å²) in [5.74, 6) is 0.501. The summed E-state index contributed by atoms with van der Waals surface area (Å²) in [5.41, 5.74) is 8.18. The van der Waals surface area contributed by atoms with Crippen molar-refractivity contribution in [3.8, 4) is 0 Å². The minimum atomic E-state index is -0.0617. The minimum Gasteiger partial charge on any atom is -0.397 e. The van der Waals surface area contributed by atoms with Crippen molar-refractivity contribution in [1.82, 2.24) is 5.32 Å². The monoisotopic (exact) mass is 307 g/mol. The fraction of sp³-hybridized carbons (Fsp3) is 0.688. The molecule has 0 bridgehead atoms. The second kappa shape index (κ2) is 6.26. The van der Waals surface area contributed by atoms with Gasteiger partial charge in [-0.3, -0.25) is 4.79 Å². The standard InChI is InChI=1S/C16H25N3OS/c1-18-15(20)14-13(17)12(10-8-9-10)16(21-14)19-11-6-4-2-3-5-7-11/h10-11,19H,2-9,17H2,1H3,(H,18,20). The lowest BCUT2D eigenvalue weighted by Crippen LogP contribution is -2.18. The maximum absolute atomic E-state index is 12.0. The molecule has 0 radical (unpaired) electrons. The van der Waals surface area contributed by atoms with Gasteiger partial charge in [0.15, 0.2) is 0 Å². The molecular formula is C16H25N3OS. The number of carbonyl (C=O) groups is 1. The Bertz CT molecular complexity index is 514. The number of thiophene rings is 1. The largest absolute Gasteiger partial charge is 0.397 e. The van der Waals surface area contributed by atoms with Crippen LogP contribution >= 0.6 is 11.3 Å². The van der Waals surface area contributed by atoms with Crippen LogP contribution in [0.15, 0.2) is 0 Å². The molecule has 1 heterocycles. The molecule has 4 nitrogen and oxygen atoms in total. The second-order valence-electron chi connectivity index (χ2n) is 6.27. The van der Waals surface area contributed by atoms with Crippen molar-refractivity contribution >= 4 is 27.9 Å². The Kier molecular flexibility index (Phi) is 4.38. The topological polar surface area (TPSA) is 67.2 Å². The third kappa shape index (κ3) is 3.18. The average molecular weight is 307 g/mol. The number of nitrogen functional groups attached to an aromatic ring is 1. The van der Waals surface area contributed by atoms with E-state index in [1.807, 2.05) is 0 Å². The summed E-state index contributed by atoms with van der Waals surface area (Å²) >= 11 is 1.54. The highest BCUT2D eigenvalue weighted by Gasteiger charge is 2.33. The van der Waals surface area contributed by atoms with Crippen LogP contribution in [0.3, 0.4) is 0 Å². The molecular weight excluding hydrogens is 282 g/mol. The molecule has 1 aromatic heterocycles. The summed E-state index contributed by atoms with van der Waals surface area (Å²) in [7, 11) is 1.66. The van der Waals surface area contributed by atoms with Gasteiger partial charge in [-0.15, -0.1) is 11.3 Å². The van der Waals surface area contributed by atoms with Crippen LogP contribution in [-0.2, 0) is 0 Å². The van der Waals surface area contributed by atoms with Gasteiger partial charge < -0.3 is 16.4 Å². The van der Waals surface area contributed by atoms with Gasteiger partial charge in [-0.1, -0.05) is 25.7 Å². The highest BCUT2D eigenvalue weighted by molar-refractivity contribution is 7.18. The molecule has 2 aliphatic carbocycles. The Morgan fingerprint density at radius 3 is 2.38 bits per heavy atom. The van der Waals surface area contributed by atoms with Crippen molar-refractivity contribution in [3.05, 3.63) is 10.4 Å². The first-order valence-corrected chi connectivity index (χ1v) is 8.93. The Hall–Kier alpha value is -1.23. The quantitative estimate of drug-likeness (QED) is 0.743. The van der Waals surface area contributed by atoms with Crippen molar-refractivity contribution < 1.29 is 4.79 Å². The number of nitrogens with one attached hydrogen (secondary N) is 2. The van der Waals surface area contributed by atoms with Crippen LogP contribution in [0.5, 0.6) is 0 Å². The highest BCUT2D eigenvalue weighted by Crippen LogP contribution is 2.51. The molecule has 1 aromatic rings. The molecule has 3 rings (SSSR count). The van der Waals surface area contributed by atoms with Crippen molar-refractivity contribution in [3.63, 3.8) is 0 Å². The smallest absolute Gasteiger partial charge is 0.263 e. The van der Waals surface area contributed by atoms with Crippen LogP contribution in [0.2, 0.25) is 0 Å². The molecule has 0 aromatic carbocycles.